The number of nitrogens with zero attached hydrogens (tertiary/aromatic N) is 2. The number of hydrogen-bond acceptors (Lipinski definition) is 7. The molecule has 4 aliphatic heterocycles. The van der Waals surface area contributed by atoms with Crippen molar-refractivity contribution in [3.05, 3.63) is 10.6 Å². The second kappa shape index (κ2) is 9.87. The van der Waals surface area contributed by atoms with Crippen LogP contribution in [0.25, 0.3) is 0 Å². The Morgan fingerprint density at radius 2 is 2.09 bits per heavy atom. The predicted octanol–water partition coefficient (Wildman–Crippen LogP) is 0.0874. The third kappa shape index (κ3) is 4.45. The van der Waals surface area contributed by atoms with E-state index in [9.17, 15) is 24.3 Å². The highest BCUT2D eigenvalue weighted by Gasteiger charge is 2.60. The summed E-state index contributed by atoms with van der Waals surface area (Å²) in [6.07, 6.45) is 2.53. The molecule has 5 N–H and O–H groups in total. The number of carboxylic acid groups (broad SMARTS) is 1. The summed E-state index contributed by atoms with van der Waals surface area (Å²) in [5.41, 5.74) is 5.99. The van der Waals surface area contributed by atoms with Crippen LogP contribution in [-0.4, -0.2) is 87.6 Å². The van der Waals surface area contributed by atoms with Crippen LogP contribution in [0.1, 0.15) is 46.5 Å². The number of nitrogens with two attached hydrogens (primary N) is 1. The van der Waals surface area contributed by atoms with Gasteiger partial charge >= 0.3 is 5.97 Å². The minimum Gasteiger partial charge on any atom is -0.477 e. The zero-order valence-electron chi connectivity index (χ0n) is 20.0. The average Bonchev–Trinajstić information content (AvgIpc) is 3.46. The summed E-state index contributed by atoms with van der Waals surface area (Å²) < 4.78 is 0. The fourth-order valence-corrected chi connectivity index (χ4v) is 7.19. The summed E-state index contributed by atoms with van der Waals surface area (Å²) in [6, 6.07) is -0.913. The van der Waals surface area contributed by atoms with E-state index in [1.807, 2.05) is 20.8 Å². The van der Waals surface area contributed by atoms with Crippen molar-refractivity contribution < 1.29 is 24.3 Å². The Kier molecular flexibility index (Phi) is 7.25. The van der Waals surface area contributed by atoms with Gasteiger partial charge in [0, 0.05) is 54.2 Å². The molecule has 0 aromatic heterocycles. The first-order valence-electron chi connectivity index (χ1n) is 12.2. The van der Waals surface area contributed by atoms with Crippen molar-refractivity contribution in [2.24, 2.45) is 17.6 Å². The summed E-state index contributed by atoms with van der Waals surface area (Å²) in [4.78, 5) is 53.9. The maximum absolute atomic E-state index is 13.0. The van der Waals surface area contributed by atoms with Crippen LogP contribution >= 0.6 is 11.8 Å². The van der Waals surface area contributed by atoms with Gasteiger partial charge in [0.1, 0.15) is 5.70 Å². The third-order valence-electron chi connectivity index (χ3n) is 7.41. The lowest BCUT2D eigenvalue weighted by Crippen LogP contribution is -2.66. The molecule has 3 fully saturated rings. The summed E-state index contributed by atoms with van der Waals surface area (Å²) in [5.74, 6) is -2.01. The molecule has 4 heterocycles. The van der Waals surface area contributed by atoms with Gasteiger partial charge in [-0.3, -0.25) is 14.4 Å². The highest BCUT2D eigenvalue weighted by Crippen LogP contribution is 2.51. The SMILES string of the molecule is CCCC(=O)NC(C)C1C(=O)N2C(C(=O)O)=C(SC3CNC(C(=O)N4CC[C@@H](N)C4)C3)[C@H](C)[C@H]12. The predicted molar refractivity (Wildman–Crippen MR) is 127 cm³/mol. The average molecular weight is 494 g/mol. The van der Waals surface area contributed by atoms with E-state index in [-0.39, 0.29) is 58.8 Å². The minimum absolute atomic E-state index is 0.0299. The number of amides is 3. The van der Waals surface area contributed by atoms with Crippen molar-refractivity contribution in [3.8, 4) is 0 Å². The zero-order valence-corrected chi connectivity index (χ0v) is 20.8. The summed E-state index contributed by atoms with van der Waals surface area (Å²) >= 11 is 1.47. The van der Waals surface area contributed by atoms with E-state index in [0.717, 1.165) is 12.8 Å². The lowest BCUT2D eigenvalue weighted by Gasteiger charge is -2.47. The van der Waals surface area contributed by atoms with Crippen LogP contribution in [0, 0.1) is 11.8 Å². The fraction of sp³-hybridized carbons (Fsp3) is 0.739. The summed E-state index contributed by atoms with van der Waals surface area (Å²) in [7, 11) is 0. The highest BCUT2D eigenvalue weighted by molar-refractivity contribution is 8.03. The molecule has 7 atom stereocenters. The number of hydrogen-bond donors (Lipinski definition) is 4. The van der Waals surface area contributed by atoms with Crippen LogP contribution in [0.2, 0.25) is 0 Å². The van der Waals surface area contributed by atoms with Crippen molar-refractivity contribution in [2.75, 3.05) is 19.6 Å². The molecular formula is C23H35N5O5S. The van der Waals surface area contributed by atoms with E-state index in [4.69, 9.17) is 5.73 Å². The molecule has 0 aromatic rings. The number of rotatable bonds is 8. The standard InChI is InChI=1S/C23H35N5O5S/c1-4-5-16(29)26-12(3)17-18-11(2)20(19(23(32)33)28(18)22(17)31)34-14-8-15(25-9-14)21(30)27-7-6-13(24)10-27/h11-15,17-18,25H,4-10,24H2,1-3H3,(H,26,29)(H,32,33)/t11-,12?,13-,14?,15?,17?,18-/m1/s1. The Balaban J connectivity index is 1.43. The second-order valence-corrected chi connectivity index (χ2v) is 11.2. The first kappa shape index (κ1) is 25.0. The van der Waals surface area contributed by atoms with Crippen molar-refractivity contribution in [3.63, 3.8) is 0 Å². The van der Waals surface area contributed by atoms with Gasteiger partial charge < -0.3 is 31.3 Å². The molecule has 0 aromatic carbocycles. The van der Waals surface area contributed by atoms with Crippen molar-refractivity contribution >= 4 is 35.5 Å². The van der Waals surface area contributed by atoms with Crippen molar-refractivity contribution in [1.82, 2.24) is 20.4 Å². The normalized spacial score (nSPS) is 33.7. The Hall–Kier alpha value is -2.11. The first-order chi connectivity index (χ1) is 16.1. The Bertz CT molecular complexity index is 910. The first-order valence-corrected chi connectivity index (χ1v) is 13.1. The smallest absolute Gasteiger partial charge is 0.353 e. The lowest BCUT2D eigenvalue weighted by atomic mass is 9.78. The molecule has 0 saturated carbocycles. The quantitative estimate of drug-likeness (QED) is 0.348. The van der Waals surface area contributed by atoms with Gasteiger partial charge in [-0.25, -0.2) is 4.79 Å². The molecule has 4 unspecified atom stereocenters. The number of aliphatic carboxylic acids is 1. The Morgan fingerprint density at radius 1 is 1.35 bits per heavy atom. The zero-order chi connectivity index (χ0) is 24.7. The van der Waals surface area contributed by atoms with Crippen LogP contribution in [0.3, 0.4) is 0 Å². The van der Waals surface area contributed by atoms with E-state index in [2.05, 4.69) is 10.6 Å². The number of likely N-dealkylation sites (tertiary alicyclic amines) is 1. The molecule has 0 radical (unpaired) electrons. The van der Waals surface area contributed by atoms with Gasteiger partial charge in [0.25, 0.3) is 0 Å². The second-order valence-electron chi connectivity index (χ2n) is 9.91. The van der Waals surface area contributed by atoms with Crippen LogP contribution in [0.4, 0.5) is 0 Å². The van der Waals surface area contributed by atoms with E-state index in [0.29, 0.717) is 37.4 Å². The Morgan fingerprint density at radius 3 is 2.71 bits per heavy atom. The maximum Gasteiger partial charge on any atom is 0.353 e. The van der Waals surface area contributed by atoms with Gasteiger partial charge in [-0.2, -0.15) is 0 Å². The minimum atomic E-state index is -1.11. The topological polar surface area (TPSA) is 145 Å². The van der Waals surface area contributed by atoms with Crippen molar-refractivity contribution in [2.45, 2.75) is 75.9 Å². The Labute approximate surface area is 204 Å². The largest absolute Gasteiger partial charge is 0.477 e. The molecule has 3 amide bonds. The van der Waals surface area contributed by atoms with E-state index < -0.39 is 11.9 Å². The number of carbonyl (C=O) groups excluding carboxylic acids is 3. The third-order valence-corrected chi connectivity index (χ3v) is 8.93. The van der Waals surface area contributed by atoms with E-state index in [1.165, 1.54) is 16.7 Å². The van der Waals surface area contributed by atoms with Gasteiger partial charge in [-0.05, 0) is 26.2 Å². The number of fused-ring (bicyclic) bond motifs is 1. The van der Waals surface area contributed by atoms with Gasteiger partial charge in [-0.15, -0.1) is 11.8 Å². The van der Waals surface area contributed by atoms with Crippen molar-refractivity contribution in [1.29, 1.82) is 0 Å². The molecular weight excluding hydrogens is 458 g/mol. The monoisotopic (exact) mass is 493 g/mol. The molecule has 0 bridgehead atoms. The highest BCUT2D eigenvalue weighted by atomic mass is 32.2. The number of carbonyl (C=O) groups is 4. The molecule has 4 rings (SSSR count). The molecule has 188 valence electrons. The van der Waals surface area contributed by atoms with Gasteiger partial charge in [0.15, 0.2) is 0 Å². The van der Waals surface area contributed by atoms with Gasteiger partial charge in [0.2, 0.25) is 17.7 Å². The van der Waals surface area contributed by atoms with E-state index >= 15 is 0 Å². The summed E-state index contributed by atoms with van der Waals surface area (Å²) in [6.45, 7) is 7.53. The molecule has 0 aliphatic carbocycles. The molecule has 3 saturated heterocycles. The van der Waals surface area contributed by atoms with Crippen LogP contribution in [0.15, 0.2) is 10.6 Å². The number of thioether (sulfide) groups is 1. The molecule has 11 heteroatoms. The fourth-order valence-electron chi connectivity index (χ4n) is 5.71. The summed E-state index contributed by atoms with van der Waals surface area (Å²) in [5, 5.41) is 16.2. The van der Waals surface area contributed by atoms with Crippen LogP contribution in [-0.2, 0) is 19.2 Å². The molecule has 10 nitrogen and oxygen atoms in total. The van der Waals surface area contributed by atoms with Gasteiger partial charge in [-0.1, -0.05) is 13.8 Å². The number of nitrogens with one attached hydrogen (secondary N) is 2. The van der Waals surface area contributed by atoms with Gasteiger partial charge in [0.05, 0.1) is 18.0 Å². The molecule has 34 heavy (non-hydrogen) atoms. The maximum atomic E-state index is 13.0. The number of β-lactam (4-membered cyclic amide) rings is 1. The lowest BCUT2D eigenvalue weighted by molar-refractivity contribution is -0.158. The molecule has 0 spiro atoms. The molecule has 4 aliphatic rings. The van der Waals surface area contributed by atoms with E-state index in [1.54, 1.807) is 4.90 Å². The van der Waals surface area contributed by atoms with Crippen LogP contribution in [0.5, 0.6) is 0 Å². The van der Waals surface area contributed by atoms with Crippen LogP contribution < -0.4 is 16.4 Å². The number of carboxylic acids is 1.